The number of carbonyl (C=O) groups is 2. The number of pyridine rings is 1. The molecular weight excluding hydrogens is 312 g/mol. The Hall–Kier alpha value is -2.34. The smallest absolute Gasteiger partial charge is 0.304 e. The van der Waals surface area contributed by atoms with E-state index in [0.29, 0.717) is 0 Å². The molecule has 2 rings (SSSR count). The van der Waals surface area contributed by atoms with Crippen LogP contribution in [0, 0.1) is 0 Å². The summed E-state index contributed by atoms with van der Waals surface area (Å²) in [4.78, 5) is 25.8. The Bertz CT molecular complexity index is 606. The first-order valence-electron chi connectivity index (χ1n) is 7.04. The lowest BCUT2D eigenvalue weighted by Gasteiger charge is -2.14. The predicted molar refractivity (Wildman–Crippen MR) is 91.3 cm³/mol. The number of hydrogen-bond donors (Lipinski definition) is 2. The second kappa shape index (κ2) is 10.4. The molecule has 0 aliphatic heterocycles. The van der Waals surface area contributed by atoms with Gasteiger partial charge in [-0.2, -0.15) is 0 Å². The quantitative estimate of drug-likeness (QED) is 0.822. The van der Waals surface area contributed by atoms with Crippen LogP contribution in [-0.2, 0) is 9.59 Å². The predicted octanol–water partition coefficient (Wildman–Crippen LogP) is 3.14. The minimum Gasteiger partial charge on any atom is -0.481 e. The van der Waals surface area contributed by atoms with Gasteiger partial charge < -0.3 is 10.4 Å². The Kier molecular flexibility index (Phi) is 8.46. The van der Waals surface area contributed by atoms with Crippen LogP contribution in [0.4, 0.5) is 0 Å². The van der Waals surface area contributed by atoms with Crippen LogP contribution in [0.5, 0.6) is 0 Å². The lowest BCUT2D eigenvalue weighted by atomic mass is 10.1. The molecule has 0 radical (unpaired) electrons. The monoisotopic (exact) mass is 332 g/mol. The number of carboxylic acid groups (broad SMARTS) is 1. The molecule has 2 aromatic rings. The molecule has 1 unspecified atom stereocenters. The van der Waals surface area contributed by atoms with Gasteiger partial charge in [-0.1, -0.05) is 24.3 Å². The van der Waals surface area contributed by atoms with Crippen molar-refractivity contribution >= 4 is 23.6 Å². The number of benzene rings is 1. The van der Waals surface area contributed by atoms with Crippen molar-refractivity contribution in [3.8, 4) is 0 Å². The molecule has 0 bridgehead atoms. The molecule has 2 N–H and O–H groups in total. The van der Waals surface area contributed by atoms with Crippen molar-refractivity contribution in [3.05, 3.63) is 60.4 Å². The number of nitrogens with one attached hydrogen (secondary N) is 1. The molecule has 1 aromatic carbocycles. The maximum Gasteiger partial charge on any atom is 0.304 e. The fourth-order valence-electron chi connectivity index (χ4n) is 1.62. The van der Waals surface area contributed by atoms with Crippen molar-refractivity contribution in [2.75, 3.05) is 7.05 Å². The van der Waals surface area contributed by atoms with E-state index < -0.39 is 5.97 Å². The standard InChI is InChI=1S/C14H13NO2S.C3H7NO/c16-14(17)9-13(11-5-4-8-15-10-11)18-12-6-2-1-3-7-12;1-3(5)4-2/h1-8,10,13H,9H2,(H,16,17);1-2H3,(H,4,5). The summed E-state index contributed by atoms with van der Waals surface area (Å²) in [5.74, 6) is -0.794. The summed E-state index contributed by atoms with van der Waals surface area (Å²) in [6.45, 7) is 1.47. The minimum atomic E-state index is -0.799. The third kappa shape index (κ3) is 8.01. The van der Waals surface area contributed by atoms with E-state index in [0.717, 1.165) is 10.5 Å². The van der Waals surface area contributed by atoms with Gasteiger partial charge in [0.25, 0.3) is 0 Å². The molecule has 122 valence electrons. The van der Waals surface area contributed by atoms with Gasteiger partial charge in [-0.15, -0.1) is 11.8 Å². The van der Waals surface area contributed by atoms with Crippen LogP contribution < -0.4 is 5.32 Å². The molecular formula is C17H20N2O3S. The van der Waals surface area contributed by atoms with Crippen LogP contribution in [0.15, 0.2) is 59.8 Å². The van der Waals surface area contributed by atoms with Gasteiger partial charge in [-0.05, 0) is 23.8 Å². The van der Waals surface area contributed by atoms with Crippen LogP contribution in [0.3, 0.4) is 0 Å². The zero-order valence-corrected chi connectivity index (χ0v) is 13.9. The number of rotatable bonds is 5. The topological polar surface area (TPSA) is 79.3 Å². The highest BCUT2D eigenvalue weighted by molar-refractivity contribution is 7.99. The van der Waals surface area contributed by atoms with Crippen molar-refractivity contribution in [1.82, 2.24) is 10.3 Å². The number of carbonyl (C=O) groups excluding carboxylic acids is 1. The van der Waals surface area contributed by atoms with Gasteiger partial charge >= 0.3 is 5.97 Å². The van der Waals surface area contributed by atoms with Crippen molar-refractivity contribution < 1.29 is 14.7 Å². The SMILES string of the molecule is CNC(C)=O.O=C(O)CC(Sc1ccccc1)c1cccnc1. The average Bonchev–Trinajstić information content (AvgIpc) is 2.56. The number of aliphatic carboxylic acids is 1. The Morgan fingerprint density at radius 1 is 1.22 bits per heavy atom. The van der Waals surface area contributed by atoms with Gasteiger partial charge in [0, 0.05) is 36.5 Å². The normalized spacial score (nSPS) is 10.9. The van der Waals surface area contributed by atoms with Crippen LogP contribution in [-0.4, -0.2) is 29.0 Å². The first-order valence-corrected chi connectivity index (χ1v) is 7.92. The molecule has 5 nitrogen and oxygen atoms in total. The summed E-state index contributed by atoms with van der Waals surface area (Å²) in [5, 5.41) is 11.3. The van der Waals surface area contributed by atoms with Gasteiger partial charge in [-0.25, -0.2) is 0 Å². The summed E-state index contributed by atoms with van der Waals surface area (Å²) in [7, 11) is 1.60. The zero-order chi connectivity index (χ0) is 17.1. The van der Waals surface area contributed by atoms with Crippen molar-refractivity contribution in [2.24, 2.45) is 0 Å². The van der Waals surface area contributed by atoms with E-state index in [-0.39, 0.29) is 17.6 Å². The number of amides is 1. The Balaban J connectivity index is 0.000000463. The van der Waals surface area contributed by atoms with E-state index in [1.165, 1.54) is 6.92 Å². The molecule has 0 fully saturated rings. The Labute approximate surface area is 140 Å². The van der Waals surface area contributed by atoms with E-state index in [1.807, 2.05) is 42.5 Å². The van der Waals surface area contributed by atoms with Crippen molar-refractivity contribution in [1.29, 1.82) is 0 Å². The molecule has 0 aliphatic carbocycles. The first-order chi connectivity index (χ1) is 11.0. The van der Waals surface area contributed by atoms with Gasteiger partial charge in [0.15, 0.2) is 0 Å². The number of thioether (sulfide) groups is 1. The Morgan fingerprint density at radius 2 is 1.87 bits per heavy atom. The summed E-state index contributed by atoms with van der Waals surface area (Å²) >= 11 is 1.55. The van der Waals surface area contributed by atoms with Crippen LogP contribution >= 0.6 is 11.8 Å². The lowest BCUT2D eigenvalue weighted by Crippen LogP contribution is -2.11. The molecule has 1 amide bonds. The molecule has 1 atom stereocenters. The van der Waals surface area contributed by atoms with E-state index in [2.05, 4.69) is 10.3 Å². The fourth-order valence-corrected chi connectivity index (χ4v) is 2.76. The summed E-state index contributed by atoms with van der Waals surface area (Å²) in [6.07, 6.45) is 3.50. The summed E-state index contributed by atoms with van der Waals surface area (Å²) in [5.41, 5.74) is 0.939. The van der Waals surface area contributed by atoms with Crippen molar-refractivity contribution in [2.45, 2.75) is 23.5 Å². The van der Waals surface area contributed by atoms with Gasteiger partial charge in [0.05, 0.1) is 6.42 Å². The van der Waals surface area contributed by atoms with E-state index in [4.69, 9.17) is 5.11 Å². The van der Waals surface area contributed by atoms with Gasteiger partial charge in [-0.3, -0.25) is 14.6 Å². The van der Waals surface area contributed by atoms with Gasteiger partial charge in [0.1, 0.15) is 0 Å². The maximum absolute atomic E-state index is 10.9. The van der Waals surface area contributed by atoms with Gasteiger partial charge in [0.2, 0.25) is 5.91 Å². The second-order valence-electron chi connectivity index (χ2n) is 4.61. The van der Waals surface area contributed by atoms with E-state index >= 15 is 0 Å². The number of nitrogens with zero attached hydrogens (tertiary/aromatic N) is 1. The third-order valence-corrected chi connectivity index (χ3v) is 4.06. The zero-order valence-electron chi connectivity index (χ0n) is 13.1. The molecule has 0 saturated heterocycles. The number of carboxylic acids is 1. The number of aromatic nitrogens is 1. The summed E-state index contributed by atoms with van der Waals surface area (Å²) in [6, 6.07) is 13.5. The van der Waals surface area contributed by atoms with Crippen LogP contribution in [0.1, 0.15) is 24.2 Å². The molecule has 0 saturated carbocycles. The van der Waals surface area contributed by atoms with Crippen LogP contribution in [0.25, 0.3) is 0 Å². The summed E-state index contributed by atoms with van der Waals surface area (Å²) < 4.78 is 0. The average molecular weight is 332 g/mol. The second-order valence-corrected chi connectivity index (χ2v) is 5.89. The van der Waals surface area contributed by atoms with E-state index in [9.17, 15) is 9.59 Å². The first kappa shape index (κ1) is 18.7. The third-order valence-electron chi connectivity index (χ3n) is 2.79. The largest absolute Gasteiger partial charge is 0.481 e. The van der Waals surface area contributed by atoms with E-state index in [1.54, 1.807) is 31.2 Å². The molecule has 1 aromatic heterocycles. The fraction of sp³-hybridized carbons (Fsp3) is 0.235. The minimum absolute atomic E-state index is 0.00463. The lowest BCUT2D eigenvalue weighted by molar-refractivity contribution is -0.137. The molecule has 23 heavy (non-hydrogen) atoms. The number of hydrogen-bond acceptors (Lipinski definition) is 4. The highest BCUT2D eigenvalue weighted by Crippen LogP contribution is 2.37. The molecule has 6 heteroatoms. The maximum atomic E-state index is 10.9. The van der Waals surface area contributed by atoms with Crippen LogP contribution in [0.2, 0.25) is 0 Å². The highest BCUT2D eigenvalue weighted by Gasteiger charge is 2.17. The molecule has 0 aliphatic rings. The van der Waals surface area contributed by atoms with Crippen molar-refractivity contribution in [3.63, 3.8) is 0 Å². The Morgan fingerprint density at radius 3 is 2.35 bits per heavy atom. The molecule has 0 spiro atoms. The molecule has 1 heterocycles. The highest BCUT2D eigenvalue weighted by atomic mass is 32.2.